The maximum Gasteiger partial charge on any atom is 0.229 e. The van der Waals surface area contributed by atoms with Crippen LogP contribution in [0, 0.1) is 0 Å². The molecule has 5 nitrogen and oxygen atoms in total. The van der Waals surface area contributed by atoms with Crippen molar-refractivity contribution in [2.75, 3.05) is 42.1 Å². The summed E-state index contributed by atoms with van der Waals surface area (Å²) in [5.74, 6) is 0. The zero-order chi connectivity index (χ0) is 16.3. The zero-order valence-corrected chi connectivity index (χ0v) is 14.7. The smallest absolute Gasteiger partial charge is 0.229 e. The Kier molecular flexibility index (Phi) is 5.11. The van der Waals surface area contributed by atoms with Gasteiger partial charge in [-0.3, -0.25) is 9.62 Å². The van der Waals surface area contributed by atoms with E-state index in [0.717, 1.165) is 32.2 Å². The number of sulfonamides is 1. The zero-order valence-electron chi connectivity index (χ0n) is 13.9. The summed E-state index contributed by atoms with van der Waals surface area (Å²) in [6, 6.07) is 8.48. The molecule has 2 fully saturated rings. The van der Waals surface area contributed by atoms with Gasteiger partial charge in [-0.15, -0.1) is 0 Å². The van der Waals surface area contributed by atoms with Gasteiger partial charge in [0.05, 0.1) is 6.26 Å². The lowest BCUT2D eigenvalue weighted by atomic mass is 9.94. The molecule has 0 radical (unpaired) electrons. The molecule has 2 aliphatic rings. The van der Waals surface area contributed by atoms with Crippen LogP contribution in [0.4, 0.5) is 11.4 Å². The third kappa shape index (κ3) is 4.61. The van der Waals surface area contributed by atoms with E-state index in [2.05, 4.69) is 14.5 Å². The van der Waals surface area contributed by atoms with Crippen molar-refractivity contribution in [1.82, 2.24) is 4.90 Å². The third-order valence-corrected chi connectivity index (χ3v) is 5.55. The molecule has 0 atom stereocenters. The lowest BCUT2D eigenvalue weighted by Gasteiger charge is -2.41. The molecule has 1 N–H and O–H groups in total. The summed E-state index contributed by atoms with van der Waals surface area (Å²) in [6.45, 7) is 4.37. The van der Waals surface area contributed by atoms with Gasteiger partial charge in [-0.05, 0) is 37.1 Å². The van der Waals surface area contributed by atoms with E-state index >= 15 is 0 Å². The molecule has 1 saturated heterocycles. The first-order valence-corrected chi connectivity index (χ1v) is 10.5. The Hall–Kier alpha value is -1.27. The van der Waals surface area contributed by atoms with E-state index in [-0.39, 0.29) is 0 Å². The minimum absolute atomic E-state index is 0.622. The molecule has 1 aliphatic heterocycles. The SMILES string of the molecule is CS(=O)(=O)Nc1ccc(N2CCN(C3CCCCC3)CC2)cc1. The minimum Gasteiger partial charge on any atom is -0.369 e. The summed E-state index contributed by atoms with van der Waals surface area (Å²) in [7, 11) is -3.20. The van der Waals surface area contributed by atoms with E-state index in [1.54, 1.807) is 0 Å². The van der Waals surface area contributed by atoms with Crippen LogP contribution in [0.5, 0.6) is 0 Å². The topological polar surface area (TPSA) is 52.7 Å². The fourth-order valence-electron chi connectivity index (χ4n) is 3.75. The van der Waals surface area contributed by atoms with Crippen LogP contribution in [0.15, 0.2) is 24.3 Å². The van der Waals surface area contributed by atoms with E-state index < -0.39 is 10.0 Å². The maximum absolute atomic E-state index is 11.2. The number of piperazine rings is 1. The number of nitrogens with zero attached hydrogens (tertiary/aromatic N) is 2. The molecular formula is C17H27N3O2S. The van der Waals surface area contributed by atoms with E-state index in [9.17, 15) is 8.42 Å². The molecular weight excluding hydrogens is 310 g/mol. The molecule has 6 heteroatoms. The number of rotatable bonds is 4. The fraction of sp³-hybridized carbons (Fsp3) is 0.647. The van der Waals surface area contributed by atoms with Gasteiger partial charge in [-0.25, -0.2) is 8.42 Å². The Morgan fingerprint density at radius 2 is 1.57 bits per heavy atom. The quantitative estimate of drug-likeness (QED) is 0.917. The van der Waals surface area contributed by atoms with Gasteiger partial charge in [0.25, 0.3) is 0 Å². The molecule has 128 valence electrons. The monoisotopic (exact) mass is 337 g/mol. The molecule has 0 unspecified atom stereocenters. The fourth-order valence-corrected chi connectivity index (χ4v) is 4.31. The van der Waals surface area contributed by atoms with Crippen molar-refractivity contribution in [3.05, 3.63) is 24.3 Å². The number of benzene rings is 1. The normalized spacial score (nSPS) is 21.3. The summed E-state index contributed by atoms with van der Waals surface area (Å²) in [6.07, 6.45) is 8.09. The highest BCUT2D eigenvalue weighted by molar-refractivity contribution is 7.92. The van der Waals surface area contributed by atoms with Gasteiger partial charge in [-0.1, -0.05) is 19.3 Å². The first-order valence-electron chi connectivity index (χ1n) is 8.58. The van der Waals surface area contributed by atoms with Crippen LogP contribution in [0.2, 0.25) is 0 Å². The van der Waals surface area contributed by atoms with Gasteiger partial charge in [0, 0.05) is 43.6 Å². The lowest BCUT2D eigenvalue weighted by molar-refractivity contribution is 0.148. The number of anilines is 2. The van der Waals surface area contributed by atoms with Crippen molar-refractivity contribution >= 4 is 21.4 Å². The summed E-state index contributed by atoms with van der Waals surface area (Å²) in [5.41, 5.74) is 1.80. The van der Waals surface area contributed by atoms with Gasteiger partial charge >= 0.3 is 0 Å². The van der Waals surface area contributed by atoms with Crippen molar-refractivity contribution in [3.8, 4) is 0 Å². The molecule has 0 amide bonds. The van der Waals surface area contributed by atoms with E-state index in [0.29, 0.717) is 5.69 Å². The highest BCUT2D eigenvalue weighted by Gasteiger charge is 2.25. The van der Waals surface area contributed by atoms with Crippen LogP contribution in [0.25, 0.3) is 0 Å². The molecule has 23 heavy (non-hydrogen) atoms. The van der Waals surface area contributed by atoms with E-state index in [1.807, 2.05) is 24.3 Å². The molecule has 0 bridgehead atoms. The van der Waals surface area contributed by atoms with E-state index in [4.69, 9.17) is 0 Å². The Labute approximate surface area is 139 Å². The molecule has 0 aromatic heterocycles. The van der Waals surface area contributed by atoms with Gasteiger partial charge in [0.15, 0.2) is 0 Å². The van der Waals surface area contributed by atoms with Crippen LogP contribution < -0.4 is 9.62 Å². The van der Waals surface area contributed by atoms with Crippen molar-refractivity contribution in [2.45, 2.75) is 38.1 Å². The molecule has 1 heterocycles. The minimum atomic E-state index is -3.20. The second kappa shape index (κ2) is 7.09. The molecule has 1 saturated carbocycles. The maximum atomic E-state index is 11.2. The first-order chi connectivity index (χ1) is 11.0. The molecule has 1 aromatic carbocycles. The van der Waals surface area contributed by atoms with Gasteiger partial charge in [0.2, 0.25) is 10.0 Å². The highest BCUT2D eigenvalue weighted by atomic mass is 32.2. The Balaban J connectivity index is 1.55. The summed E-state index contributed by atoms with van der Waals surface area (Å²) in [4.78, 5) is 5.05. The molecule has 1 aromatic rings. The number of nitrogens with one attached hydrogen (secondary N) is 1. The first kappa shape index (κ1) is 16.6. The predicted octanol–water partition coefficient (Wildman–Crippen LogP) is 2.51. The van der Waals surface area contributed by atoms with Crippen LogP contribution >= 0.6 is 0 Å². The average Bonchev–Trinajstić information content (AvgIpc) is 2.55. The second-order valence-corrected chi connectivity index (χ2v) is 8.48. The van der Waals surface area contributed by atoms with Crippen molar-refractivity contribution < 1.29 is 8.42 Å². The third-order valence-electron chi connectivity index (χ3n) is 4.94. The van der Waals surface area contributed by atoms with Gasteiger partial charge in [-0.2, -0.15) is 0 Å². The Morgan fingerprint density at radius 1 is 0.957 bits per heavy atom. The highest BCUT2D eigenvalue weighted by Crippen LogP contribution is 2.25. The van der Waals surface area contributed by atoms with Gasteiger partial charge < -0.3 is 4.90 Å². The standard InChI is InChI=1S/C17H27N3O2S/c1-23(21,22)18-15-7-9-17(10-8-15)20-13-11-19(12-14-20)16-5-3-2-4-6-16/h7-10,16,18H,2-6,11-14H2,1H3. The van der Waals surface area contributed by atoms with Crippen LogP contribution in [-0.4, -0.2) is 51.8 Å². The number of hydrogen-bond donors (Lipinski definition) is 1. The Morgan fingerprint density at radius 3 is 2.13 bits per heavy atom. The summed E-state index contributed by atoms with van der Waals surface area (Å²) in [5, 5.41) is 0. The van der Waals surface area contributed by atoms with Gasteiger partial charge in [0.1, 0.15) is 0 Å². The molecule has 3 rings (SSSR count). The summed E-state index contributed by atoms with van der Waals surface area (Å²) >= 11 is 0. The van der Waals surface area contributed by atoms with Crippen molar-refractivity contribution in [1.29, 1.82) is 0 Å². The lowest BCUT2D eigenvalue weighted by Crippen LogP contribution is -2.50. The predicted molar refractivity (Wildman–Crippen MR) is 95.6 cm³/mol. The summed E-state index contributed by atoms with van der Waals surface area (Å²) < 4.78 is 25.0. The second-order valence-electron chi connectivity index (χ2n) is 6.74. The van der Waals surface area contributed by atoms with E-state index in [1.165, 1.54) is 44.0 Å². The van der Waals surface area contributed by atoms with Crippen LogP contribution in [0.3, 0.4) is 0 Å². The largest absolute Gasteiger partial charge is 0.369 e. The average molecular weight is 337 g/mol. The van der Waals surface area contributed by atoms with Crippen molar-refractivity contribution in [3.63, 3.8) is 0 Å². The van der Waals surface area contributed by atoms with Crippen LogP contribution in [0.1, 0.15) is 32.1 Å². The molecule has 0 spiro atoms. The van der Waals surface area contributed by atoms with Crippen LogP contribution in [-0.2, 0) is 10.0 Å². The Bertz CT molecular complexity index is 601. The van der Waals surface area contributed by atoms with Crippen molar-refractivity contribution in [2.24, 2.45) is 0 Å². The molecule has 1 aliphatic carbocycles. The number of hydrogen-bond acceptors (Lipinski definition) is 4.